The van der Waals surface area contributed by atoms with Crippen molar-refractivity contribution in [2.45, 2.75) is 12.0 Å². The van der Waals surface area contributed by atoms with Crippen LogP contribution in [0, 0.1) is 0 Å². The number of aliphatic hydroxyl groups is 1. The highest BCUT2D eigenvalue weighted by atomic mass is 35.5. The number of carbonyl (C=O) groups is 1. The predicted molar refractivity (Wildman–Crippen MR) is 96.3 cm³/mol. The number of Topliss-reactive ketones (excluding diaryl/α,β-unsaturated/α-hetero) is 1. The zero-order chi connectivity index (χ0) is 17.0. The van der Waals surface area contributed by atoms with Crippen molar-refractivity contribution in [2.24, 2.45) is 0 Å². The zero-order valence-electron chi connectivity index (χ0n) is 13.0. The molecule has 0 radical (unpaired) electrons. The molecule has 2 nitrogen and oxygen atoms in total. The van der Waals surface area contributed by atoms with Gasteiger partial charge in [-0.1, -0.05) is 84.4 Å². The molecule has 0 amide bonds. The average Bonchev–Trinajstić information content (AvgIpc) is 2.64. The Bertz CT molecular complexity index is 813. The molecule has 3 rings (SSSR count). The molecule has 3 heteroatoms. The van der Waals surface area contributed by atoms with Crippen LogP contribution in [-0.4, -0.2) is 10.9 Å². The van der Waals surface area contributed by atoms with Gasteiger partial charge in [-0.25, -0.2) is 0 Å². The van der Waals surface area contributed by atoms with E-state index >= 15 is 0 Å². The lowest BCUT2D eigenvalue weighted by Gasteiger charge is -2.27. The van der Waals surface area contributed by atoms with Crippen LogP contribution in [-0.2, 0) is 12.0 Å². The molecule has 0 aliphatic heterocycles. The van der Waals surface area contributed by atoms with Crippen LogP contribution >= 0.6 is 11.6 Å². The number of halogens is 1. The van der Waals surface area contributed by atoms with Gasteiger partial charge in [0.1, 0.15) is 0 Å². The van der Waals surface area contributed by atoms with Gasteiger partial charge < -0.3 is 5.11 Å². The fourth-order valence-electron chi connectivity index (χ4n) is 2.75. The van der Waals surface area contributed by atoms with Crippen LogP contribution < -0.4 is 0 Å². The molecular weight excluding hydrogens is 320 g/mol. The molecule has 0 aromatic heterocycles. The van der Waals surface area contributed by atoms with Crippen LogP contribution in [0.25, 0.3) is 0 Å². The Morgan fingerprint density at radius 1 is 0.833 bits per heavy atom. The summed E-state index contributed by atoms with van der Waals surface area (Å²) in [5.74, 6) is -0.316. The second-order valence-electron chi connectivity index (χ2n) is 5.72. The van der Waals surface area contributed by atoms with Gasteiger partial charge in [-0.2, -0.15) is 0 Å². The first-order valence-corrected chi connectivity index (χ1v) is 8.09. The van der Waals surface area contributed by atoms with Gasteiger partial charge >= 0.3 is 0 Å². The minimum Gasteiger partial charge on any atom is -0.377 e. The lowest BCUT2D eigenvalue weighted by molar-refractivity contribution is 0.0299. The average molecular weight is 337 g/mol. The predicted octanol–water partition coefficient (Wildman–Crippen LogP) is 4.65. The third-order valence-electron chi connectivity index (χ3n) is 4.04. The molecule has 3 aromatic rings. The van der Waals surface area contributed by atoms with Gasteiger partial charge in [0, 0.05) is 17.0 Å². The van der Waals surface area contributed by atoms with Gasteiger partial charge in [0.25, 0.3) is 0 Å². The van der Waals surface area contributed by atoms with Gasteiger partial charge in [0.05, 0.1) is 0 Å². The van der Waals surface area contributed by atoms with Crippen molar-refractivity contribution in [3.05, 3.63) is 107 Å². The summed E-state index contributed by atoms with van der Waals surface area (Å²) in [5.41, 5.74) is 0.276. The Labute approximate surface area is 146 Å². The Hall–Kier alpha value is -2.42. The number of carbonyl (C=O) groups excluding carboxylic acids is 1. The van der Waals surface area contributed by atoms with Crippen molar-refractivity contribution in [3.8, 4) is 0 Å². The molecule has 1 atom stereocenters. The van der Waals surface area contributed by atoms with E-state index in [1.165, 1.54) is 0 Å². The second kappa shape index (κ2) is 7.00. The minimum absolute atomic E-state index is 0.182. The third-order valence-corrected chi connectivity index (χ3v) is 4.29. The molecule has 0 heterocycles. The summed E-state index contributed by atoms with van der Waals surface area (Å²) in [6, 6.07) is 25.1. The van der Waals surface area contributed by atoms with E-state index in [2.05, 4.69) is 0 Å². The highest BCUT2D eigenvalue weighted by Gasteiger charge is 2.38. The lowest BCUT2D eigenvalue weighted by atomic mass is 9.81. The first-order chi connectivity index (χ1) is 11.6. The molecule has 0 aliphatic rings. The molecule has 1 N–H and O–H groups in total. The van der Waals surface area contributed by atoms with E-state index in [0.717, 1.165) is 5.56 Å². The molecule has 0 bridgehead atoms. The highest BCUT2D eigenvalue weighted by Crippen LogP contribution is 2.30. The van der Waals surface area contributed by atoms with Crippen LogP contribution in [0.1, 0.15) is 21.5 Å². The SMILES string of the molecule is O=C(c1ccccc1)C(O)(Cc1ccc(Cl)cc1)c1ccccc1. The van der Waals surface area contributed by atoms with Gasteiger partial charge in [0.15, 0.2) is 11.4 Å². The summed E-state index contributed by atoms with van der Waals surface area (Å²) in [4.78, 5) is 13.1. The van der Waals surface area contributed by atoms with Crippen molar-refractivity contribution < 1.29 is 9.90 Å². The number of benzene rings is 3. The highest BCUT2D eigenvalue weighted by molar-refractivity contribution is 6.30. The Morgan fingerprint density at radius 2 is 1.38 bits per heavy atom. The van der Waals surface area contributed by atoms with Crippen LogP contribution in [0.2, 0.25) is 5.02 Å². The van der Waals surface area contributed by atoms with E-state index in [1.54, 1.807) is 48.5 Å². The summed E-state index contributed by atoms with van der Waals surface area (Å²) in [7, 11) is 0. The summed E-state index contributed by atoms with van der Waals surface area (Å²) in [6.07, 6.45) is 0.182. The molecule has 24 heavy (non-hydrogen) atoms. The molecule has 0 aliphatic carbocycles. The Kier molecular flexibility index (Phi) is 4.79. The summed E-state index contributed by atoms with van der Waals surface area (Å²) in [5, 5.41) is 12.0. The largest absolute Gasteiger partial charge is 0.377 e. The normalized spacial score (nSPS) is 13.2. The smallest absolute Gasteiger partial charge is 0.199 e. The summed E-state index contributed by atoms with van der Waals surface area (Å²) >= 11 is 5.93. The molecule has 0 saturated heterocycles. The fraction of sp³-hybridized carbons (Fsp3) is 0.0952. The first kappa shape index (κ1) is 16.4. The monoisotopic (exact) mass is 336 g/mol. The van der Waals surface area contributed by atoms with Crippen LogP contribution in [0.15, 0.2) is 84.9 Å². The maximum absolute atomic E-state index is 13.1. The first-order valence-electron chi connectivity index (χ1n) is 7.72. The van der Waals surface area contributed by atoms with Gasteiger partial charge in [0.2, 0.25) is 0 Å². The maximum atomic E-state index is 13.1. The van der Waals surface area contributed by atoms with E-state index in [1.807, 2.05) is 36.4 Å². The van der Waals surface area contributed by atoms with Crippen molar-refractivity contribution in [2.75, 3.05) is 0 Å². The van der Waals surface area contributed by atoms with Crippen LogP contribution in [0.5, 0.6) is 0 Å². The summed E-state index contributed by atoms with van der Waals surface area (Å²) in [6.45, 7) is 0. The molecule has 1 unspecified atom stereocenters. The topological polar surface area (TPSA) is 37.3 Å². The zero-order valence-corrected chi connectivity index (χ0v) is 13.8. The number of hydrogen-bond donors (Lipinski definition) is 1. The molecule has 0 fully saturated rings. The Morgan fingerprint density at radius 3 is 1.96 bits per heavy atom. The van der Waals surface area contributed by atoms with E-state index in [9.17, 15) is 9.90 Å². The van der Waals surface area contributed by atoms with Crippen LogP contribution in [0.4, 0.5) is 0 Å². The van der Waals surface area contributed by atoms with Crippen LogP contribution in [0.3, 0.4) is 0 Å². The van der Waals surface area contributed by atoms with E-state index in [-0.39, 0.29) is 12.2 Å². The van der Waals surface area contributed by atoms with Gasteiger partial charge in [-0.3, -0.25) is 4.79 Å². The molecular formula is C21H17ClO2. The van der Waals surface area contributed by atoms with Crippen molar-refractivity contribution >= 4 is 17.4 Å². The maximum Gasteiger partial charge on any atom is 0.199 e. The number of hydrogen-bond acceptors (Lipinski definition) is 2. The lowest BCUT2D eigenvalue weighted by Crippen LogP contribution is -2.38. The molecule has 0 saturated carbocycles. The quantitative estimate of drug-likeness (QED) is 0.688. The molecule has 0 spiro atoms. The fourth-order valence-corrected chi connectivity index (χ4v) is 2.88. The Balaban J connectivity index is 2.04. The minimum atomic E-state index is -1.63. The van der Waals surface area contributed by atoms with Gasteiger partial charge in [-0.15, -0.1) is 0 Å². The molecule has 120 valence electrons. The number of rotatable bonds is 5. The van der Waals surface area contributed by atoms with Crippen molar-refractivity contribution in [1.82, 2.24) is 0 Å². The van der Waals surface area contributed by atoms with E-state index in [0.29, 0.717) is 16.1 Å². The van der Waals surface area contributed by atoms with E-state index in [4.69, 9.17) is 11.6 Å². The number of ketones is 1. The van der Waals surface area contributed by atoms with Crippen molar-refractivity contribution in [3.63, 3.8) is 0 Å². The van der Waals surface area contributed by atoms with E-state index < -0.39 is 5.60 Å². The van der Waals surface area contributed by atoms with Crippen molar-refractivity contribution in [1.29, 1.82) is 0 Å². The standard InChI is InChI=1S/C21H17ClO2/c22-19-13-11-16(12-14-19)15-21(24,18-9-5-2-6-10-18)20(23)17-7-3-1-4-8-17/h1-14,24H,15H2. The van der Waals surface area contributed by atoms with Gasteiger partial charge in [-0.05, 0) is 23.3 Å². The third kappa shape index (κ3) is 3.40. The summed E-state index contributed by atoms with van der Waals surface area (Å²) < 4.78 is 0. The molecule has 3 aromatic carbocycles. The second-order valence-corrected chi connectivity index (χ2v) is 6.16.